The van der Waals surface area contributed by atoms with Crippen molar-refractivity contribution in [2.24, 2.45) is 15.2 Å². The number of urea groups is 1. The van der Waals surface area contributed by atoms with Gasteiger partial charge < -0.3 is 0 Å². The highest BCUT2D eigenvalue weighted by molar-refractivity contribution is 6.30. The minimum absolute atomic E-state index is 0.157. The predicted octanol–water partition coefficient (Wildman–Crippen LogP) is 0.170. The van der Waals surface area contributed by atoms with Crippen molar-refractivity contribution in [3.8, 4) is 0 Å². The van der Waals surface area contributed by atoms with E-state index in [-0.39, 0.29) is 5.84 Å². The fourth-order valence-electron chi connectivity index (χ4n) is 0.287. The summed E-state index contributed by atoms with van der Waals surface area (Å²) in [6.07, 6.45) is 0.369. The van der Waals surface area contributed by atoms with E-state index in [1.165, 1.54) is 0 Å². The van der Waals surface area contributed by atoms with E-state index in [1.807, 2.05) is 0 Å². The van der Waals surface area contributed by atoms with Gasteiger partial charge in [0.1, 0.15) is 0 Å². The summed E-state index contributed by atoms with van der Waals surface area (Å²) in [7, 11) is 0. The maximum Gasteiger partial charge on any atom is 0.387 e. The van der Waals surface area contributed by atoms with Crippen LogP contribution in [-0.2, 0) is 4.79 Å². The summed E-state index contributed by atoms with van der Waals surface area (Å²) in [6, 6.07) is -0.716. The number of amidine groups is 1. The zero-order chi connectivity index (χ0) is 5.98. The minimum atomic E-state index is -0.716. The van der Waals surface area contributed by atoms with E-state index in [0.717, 1.165) is 0 Å². The lowest BCUT2D eigenvalue weighted by Crippen LogP contribution is -1.89. The Morgan fingerprint density at radius 2 is 2.12 bits per heavy atom. The highest BCUT2D eigenvalue weighted by Crippen LogP contribution is 1.94. The van der Waals surface area contributed by atoms with Gasteiger partial charge in [-0.25, -0.2) is 4.79 Å². The molecule has 0 fully saturated rings. The Labute approximate surface area is 44.1 Å². The first kappa shape index (κ1) is 4.76. The minimum Gasteiger partial charge on any atom is -0.294 e. The number of aldehydes is 1. The molecule has 0 bridgehead atoms. The standard InChI is InChI=1S/C3HN3O2/c7-1-2-4-3(8)6-5-2/h1H. The lowest BCUT2D eigenvalue weighted by atomic mass is 10.7. The molecular formula is C3HN3O2. The topological polar surface area (TPSA) is 71.2 Å². The van der Waals surface area contributed by atoms with Gasteiger partial charge in [0.15, 0.2) is 6.29 Å². The van der Waals surface area contributed by atoms with Crippen molar-refractivity contribution in [1.82, 2.24) is 0 Å². The summed E-state index contributed by atoms with van der Waals surface area (Å²) in [5.74, 6) is -0.157. The van der Waals surface area contributed by atoms with E-state index in [1.54, 1.807) is 0 Å². The first-order valence-electron chi connectivity index (χ1n) is 1.82. The summed E-state index contributed by atoms with van der Waals surface area (Å²) in [4.78, 5) is 22.8. The summed E-state index contributed by atoms with van der Waals surface area (Å²) in [5, 5.41) is 6.03. The van der Waals surface area contributed by atoms with Crippen LogP contribution in [-0.4, -0.2) is 18.2 Å². The molecular weight excluding hydrogens is 110 g/mol. The molecule has 0 spiro atoms. The zero-order valence-electron chi connectivity index (χ0n) is 3.74. The number of hydrogen-bond acceptors (Lipinski definition) is 3. The van der Waals surface area contributed by atoms with Gasteiger partial charge in [0, 0.05) is 0 Å². The van der Waals surface area contributed by atoms with Crippen LogP contribution in [0.3, 0.4) is 0 Å². The fourth-order valence-corrected chi connectivity index (χ4v) is 0.287. The molecule has 0 aromatic carbocycles. The second-order valence-electron chi connectivity index (χ2n) is 1.07. The number of aliphatic imine (C=N–C) groups is 1. The molecule has 0 aliphatic carbocycles. The van der Waals surface area contributed by atoms with E-state index in [4.69, 9.17) is 0 Å². The van der Waals surface area contributed by atoms with Crippen LogP contribution in [0, 0.1) is 0 Å². The van der Waals surface area contributed by atoms with Crippen molar-refractivity contribution in [2.45, 2.75) is 0 Å². The Balaban J connectivity index is 2.87. The van der Waals surface area contributed by atoms with Crippen LogP contribution in [0.15, 0.2) is 15.2 Å². The molecule has 40 valence electrons. The molecule has 0 saturated carbocycles. The quantitative estimate of drug-likeness (QED) is 0.452. The van der Waals surface area contributed by atoms with Crippen LogP contribution >= 0.6 is 0 Å². The number of nitrogens with zero attached hydrogens (tertiary/aromatic N) is 3. The van der Waals surface area contributed by atoms with Crippen LogP contribution in [0.1, 0.15) is 0 Å². The molecule has 1 aliphatic rings. The monoisotopic (exact) mass is 111 g/mol. The molecule has 0 saturated heterocycles. The Morgan fingerprint density at radius 3 is 2.38 bits per heavy atom. The van der Waals surface area contributed by atoms with Gasteiger partial charge in [-0.1, -0.05) is 5.11 Å². The van der Waals surface area contributed by atoms with Crippen LogP contribution < -0.4 is 0 Å². The largest absolute Gasteiger partial charge is 0.387 e. The van der Waals surface area contributed by atoms with Gasteiger partial charge in [-0.2, -0.15) is 4.99 Å². The number of carbonyl (C=O) groups is 2. The molecule has 1 aliphatic heterocycles. The summed E-state index contributed by atoms with van der Waals surface area (Å²) < 4.78 is 0. The molecule has 8 heavy (non-hydrogen) atoms. The molecule has 0 N–H and O–H groups in total. The number of carbonyl (C=O) groups excluding carboxylic acids is 2. The van der Waals surface area contributed by atoms with E-state index < -0.39 is 6.03 Å². The van der Waals surface area contributed by atoms with Crippen molar-refractivity contribution in [2.75, 3.05) is 0 Å². The number of azo groups is 1. The van der Waals surface area contributed by atoms with Gasteiger partial charge in [0.05, 0.1) is 0 Å². The number of amides is 2. The molecule has 1 rings (SSSR count). The molecule has 0 aromatic heterocycles. The maximum atomic E-state index is 10.0. The highest BCUT2D eigenvalue weighted by atomic mass is 16.2. The van der Waals surface area contributed by atoms with E-state index in [2.05, 4.69) is 15.2 Å². The summed E-state index contributed by atoms with van der Waals surface area (Å²) in [6.45, 7) is 0. The average Bonchev–Trinajstić information content (AvgIpc) is 2.14. The van der Waals surface area contributed by atoms with Crippen molar-refractivity contribution >= 4 is 18.2 Å². The van der Waals surface area contributed by atoms with Crippen LogP contribution in [0.4, 0.5) is 4.79 Å². The number of rotatable bonds is 1. The Bertz CT molecular complexity index is 193. The van der Waals surface area contributed by atoms with Gasteiger partial charge in [0.25, 0.3) is 0 Å². The first-order valence-corrected chi connectivity index (χ1v) is 1.82. The molecule has 2 amide bonds. The van der Waals surface area contributed by atoms with Crippen molar-refractivity contribution in [3.63, 3.8) is 0 Å². The van der Waals surface area contributed by atoms with Gasteiger partial charge in [0.2, 0.25) is 5.84 Å². The molecule has 1 heterocycles. The third kappa shape index (κ3) is 0.651. The molecule has 5 nitrogen and oxygen atoms in total. The van der Waals surface area contributed by atoms with Crippen molar-refractivity contribution < 1.29 is 9.59 Å². The third-order valence-electron chi connectivity index (χ3n) is 0.554. The Kier molecular flexibility index (Phi) is 0.957. The average molecular weight is 111 g/mol. The van der Waals surface area contributed by atoms with Gasteiger partial charge in [-0.05, 0) is 0 Å². The van der Waals surface area contributed by atoms with Crippen LogP contribution in [0.5, 0.6) is 0 Å². The molecule has 0 unspecified atom stereocenters. The smallest absolute Gasteiger partial charge is 0.294 e. The number of hydrogen-bond donors (Lipinski definition) is 0. The maximum absolute atomic E-state index is 10.0. The van der Waals surface area contributed by atoms with E-state index in [9.17, 15) is 9.59 Å². The Morgan fingerprint density at radius 1 is 1.38 bits per heavy atom. The van der Waals surface area contributed by atoms with Gasteiger partial charge >= 0.3 is 6.03 Å². The third-order valence-corrected chi connectivity index (χ3v) is 0.554. The van der Waals surface area contributed by atoms with E-state index in [0.29, 0.717) is 6.29 Å². The van der Waals surface area contributed by atoms with Gasteiger partial charge in [-0.3, -0.25) is 4.79 Å². The van der Waals surface area contributed by atoms with Gasteiger partial charge in [-0.15, -0.1) is 5.11 Å². The lowest BCUT2D eigenvalue weighted by Gasteiger charge is -1.66. The Hall–Kier alpha value is -1.39. The predicted molar refractivity (Wildman–Crippen MR) is 23.8 cm³/mol. The molecule has 0 atom stereocenters. The zero-order valence-corrected chi connectivity index (χ0v) is 3.74. The van der Waals surface area contributed by atoms with Crippen molar-refractivity contribution in [1.29, 1.82) is 0 Å². The molecule has 0 radical (unpaired) electrons. The second kappa shape index (κ2) is 1.61. The fraction of sp³-hybridized carbons (Fsp3) is 0. The summed E-state index contributed by atoms with van der Waals surface area (Å²) >= 11 is 0. The highest BCUT2D eigenvalue weighted by Gasteiger charge is 2.06. The molecule has 0 aromatic rings. The lowest BCUT2D eigenvalue weighted by molar-refractivity contribution is -0.102. The van der Waals surface area contributed by atoms with Crippen LogP contribution in [0.2, 0.25) is 0 Å². The molecule has 5 heteroatoms. The first-order chi connectivity index (χ1) is 3.83. The normalized spacial score (nSPS) is 16.5. The second-order valence-corrected chi connectivity index (χ2v) is 1.07. The van der Waals surface area contributed by atoms with E-state index >= 15 is 0 Å². The van der Waals surface area contributed by atoms with Crippen molar-refractivity contribution in [3.05, 3.63) is 0 Å². The van der Waals surface area contributed by atoms with Crippen LogP contribution in [0.25, 0.3) is 0 Å². The summed E-state index contributed by atoms with van der Waals surface area (Å²) in [5.41, 5.74) is 0. The SMILES string of the molecule is O=CC1=NC(=O)N=N1.